The Morgan fingerprint density at radius 1 is 1.29 bits per heavy atom. The molecular formula is C14H18ClN3O3. The van der Waals surface area contributed by atoms with Crippen molar-refractivity contribution >= 4 is 23.3 Å². The first-order chi connectivity index (χ1) is 10.3. The molecule has 1 atom stereocenters. The lowest BCUT2D eigenvalue weighted by atomic mass is 10.2. The molecule has 0 radical (unpaired) electrons. The molecule has 0 N–H and O–H groups in total. The van der Waals surface area contributed by atoms with Gasteiger partial charge in [0.2, 0.25) is 0 Å². The van der Waals surface area contributed by atoms with Crippen LogP contribution < -0.4 is 4.90 Å². The number of aromatic nitrogens is 1. The summed E-state index contributed by atoms with van der Waals surface area (Å²) in [6, 6.07) is 3.64. The molecule has 2 aliphatic heterocycles. The van der Waals surface area contributed by atoms with Gasteiger partial charge in [-0.25, -0.2) is 4.98 Å². The molecule has 0 aliphatic carbocycles. The Balaban J connectivity index is 1.57. The molecule has 1 amide bonds. The first-order valence-electron chi connectivity index (χ1n) is 7.09. The standard InChI is InChI=1S/C14H18ClN3O3/c15-11-2-1-3-16-13(11)17-4-6-18(7-5-17)14(19)12-10-20-8-9-21-12/h1-3,12H,4-10H2. The quantitative estimate of drug-likeness (QED) is 0.808. The van der Waals surface area contributed by atoms with Gasteiger partial charge in [-0.1, -0.05) is 11.6 Å². The fourth-order valence-corrected chi connectivity index (χ4v) is 2.82. The summed E-state index contributed by atoms with van der Waals surface area (Å²) in [4.78, 5) is 20.6. The number of piperazine rings is 1. The van der Waals surface area contributed by atoms with Gasteiger partial charge in [0.25, 0.3) is 5.91 Å². The summed E-state index contributed by atoms with van der Waals surface area (Å²) < 4.78 is 10.8. The molecule has 1 aromatic rings. The smallest absolute Gasteiger partial charge is 0.254 e. The van der Waals surface area contributed by atoms with Crippen molar-refractivity contribution in [1.82, 2.24) is 9.88 Å². The molecule has 0 saturated carbocycles. The first kappa shape index (κ1) is 14.6. The summed E-state index contributed by atoms with van der Waals surface area (Å²) in [6.45, 7) is 4.13. The van der Waals surface area contributed by atoms with Gasteiger partial charge in [-0.3, -0.25) is 4.79 Å². The highest BCUT2D eigenvalue weighted by atomic mass is 35.5. The lowest BCUT2D eigenvalue weighted by Crippen LogP contribution is -2.53. The monoisotopic (exact) mass is 311 g/mol. The zero-order valence-corrected chi connectivity index (χ0v) is 12.5. The van der Waals surface area contributed by atoms with Crippen molar-refractivity contribution in [3.63, 3.8) is 0 Å². The number of amides is 1. The highest BCUT2D eigenvalue weighted by Gasteiger charge is 2.30. The molecule has 6 nitrogen and oxygen atoms in total. The van der Waals surface area contributed by atoms with Gasteiger partial charge in [0, 0.05) is 32.4 Å². The summed E-state index contributed by atoms with van der Waals surface area (Å²) in [5, 5.41) is 0.640. The van der Waals surface area contributed by atoms with Crippen LogP contribution in [0, 0.1) is 0 Å². The average molecular weight is 312 g/mol. The Morgan fingerprint density at radius 2 is 2.10 bits per heavy atom. The van der Waals surface area contributed by atoms with Crippen molar-refractivity contribution in [1.29, 1.82) is 0 Å². The summed E-state index contributed by atoms with van der Waals surface area (Å²) in [5.41, 5.74) is 0. The predicted octanol–water partition coefficient (Wildman–Crippen LogP) is 0.799. The lowest BCUT2D eigenvalue weighted by molar-refractivity contribution is -0.158. The number of hydrogen-bond donors (Lipinski definition) is 0. The summed E-state index contributed by atoms with van der Waals surface area (Å²) in [5.74, 6) is 0.796. The third-order valence-electron chi connectivity index (χ3n) is 3.72. The van der Waals surface area contributed by atoms with Crippen LogP contribution >= 0.6 is 11.6 Å². The van der Waals surface area contributed by atoms with Crippen LogP contribution in [0.25, 0.3) is 0 Å². The van der Waals surface area contributed by atoms with E-state index in [4.69, 9.17) is 21.1 Å². The van der Waals surface area contributed by atoms with Gasteiger partial charge in [-0.15, -0.1) is 0 Å². The minimum atomic E-state index is -0.455. The maximum atomic E-state index is 12.3. The van der Waals surface area contributed by atoms with Crippen LogP contribution in [0.1, 0.15) is 0 Å². The number of nitrogens with zero attached hydrogens (tertiary/aromatic N) is 3. The normalized spacial score (nSPS) is 23.2. The van der Waals surface area contributed by atoms with Crippen molar-refractivity contribution in [3.8, 4) is 0 Å². The fourth-order valence-electron chi connectivity index (χ4n) is 2.58. The van der Waals surface area contributed by atoms with E-state index in [9.17, 15) is 4.79 Å². The minimum absolute atomic E-state index is 0.0152. The number of carbonyl (C=O) groups excluding carboxylic acids is 1. The van der Waals surface area contributed by atoms with E-state index in [2.05, 4.69) is 9.88 Å². The van der Waals surface area contributed by atoms with Crippen molar-refractivity contribution in [2.75, 3.05) is 50.9 Å². The van der Waals surface area contributed by atoms with E-state index in [1.54, 1.807) is 6.20 Å². The molecule has 0 spiro atoms. The van der Waals surface area contributed by atoms with E-state index < -0.39 is 6.10 Å². The molecule has 3 rings (SSSR count). The molecule has 2 aliphatic rings. The highest BCUT2D eigenvalue weighted by molar-refractivity contribution is 6.32. The fraction of sp³-hybridized carbons (Fsp3) is 0.571. The van der Waals surface area contributed by atoms with Crippen molar-refractivity contribution < 1.29 is 14.3 Å². The molecule has 1 unspecified atom stereocenters. The Kier molecular flexibility index (Phi) is 4.57. The number of halogens is 1. The molecule has 2 saturated heterocycles. The SMILES string of the molecule is O=C(C1COCCO1)N1CCN(c2ncccc2Cl)CC1. The third kappa shape index (κ3) is 3.28. The second-order valence-electron chi connectivity index (χ2n) is 5.06. The molecule has 1 aromatic heterocycles. The van der Waals surface area contributed by atoms with Gasteiger partial charge >= 0.3 is 0 Å². The molecule has 0 bridgehead atoms. The van der Waals surface area contributed by atoms with E-state index in [0.29, 0.717) is 37.9 Å². The van der Waals surface area contributed by atoms with Crippen molar-refractivity contribution in [2.24, 2.45) is 0 Å². The summed E-state index contributed by atoms with van der Waals surface area (Å²) >= 11 is 6.16. The van der Waals surface area contributed by atoms with Gasteiger partial charge in [0.15, 0.2) is 6.10 Å². The van der Waals surface area contributed by atoms with E-state index in [1.807, 2.05) is 17.0 Å². The first-order valence-corrected chi connectivity index (χ1v) is 7.47. The van der Waals surface area contributed by atoms with Crippen LogP contribution in [0.3, 0.4) is 0 Å². The van der Waals surface area contributed by atoms with Gasteiger partial charge in [0.05, 0.1) is 24.8 Å². The molecule has 7 heteroatoms. The van der Waals surface area contributed by atoms with Gasteiger partial charge in [-0.2, -0.15) is 0 Å². The Hall–Kier alpha value is -1.37. The third-order valence-corrected chi connectivity index (χ3v) is 4.02. The predicted molar refractivity (Wildman–Crippen MR) is 78.6 cm³/mol. The second-order valence-corrected chi connectivity index (χ2v) is 5.46. The summed E-state index contributed by atoms with van der Waals surface area (Å²) in [7, 11) is 0. The average Bonchev–Trinajstić information content (AvgIpc) is 2.56. The number of anilines is 1. The van der Waals surface area contributed by atoms with Crippen LogP contribution in [0.15, 0.2) is 18.3 Å². The van der Waals surface area contributed by atoms with Gasteiger partial charge in [-0.05, 0) is 12.1 Å². The Bertz CT molecular complexity index is 500. The number of hydrogen-bond acceptors (Lipinski definition) is 5. The zero-order valence-electron chi connectivity index (χ0n) is 11.7. The van der Waals surface area contributed by atoms with E-state index >= 15 is 0 Å². The Morgan fingerprint density at radius 3 is 2.76 bits per heavy atom. The van der Waals surface area contributed by atoms with Gasteiger partial charge in [0.1, 0.15) is 5.82 Å². The molecule has 0 aromatic carbocycles. The van der Waals surface area contributed by atoms with E-state index in [1.165, 1.54) is 0 Å². The second kappa shape index (κ2) is 6.60. The Labute approximate surface area is 128 Å². The van der Waals surface area contributed by atoms with Crippen molar-refractivity contribution in [3.05, 3.63) is 23.4 Å². The highest BCUT2D eigenvalue weighted by Crippen LogP contribution is 2.23. The van der Waals surface area contributed by atoms with Crippen molar-refractivity contribution in [2.45, 2.75) is 6.10 Å². The van der Waals surface area contributed by atoms with Crippen LogP contribution in [0.4, 0.5) is 5.82 Å². The number of pyridine rings is 1. The molecule has 21 heavy (non-hydrogen) atoms. The number of carbonyl (C=O) groups is 1. The molecule has 114 valence electrons. The topological polar surface area (TPSA) is 54.9 Å². The zero-order chi connectivity index (χ0) is 14.7. The number of ether oxygens (including phenoxy) is 2. The van der Waals surface area contributed by atoms with E-state index in [-0.39, 0.29) is 5.91 Å². The number of rotatable bonds is 2. The maximum Gasteiger partial charge on any atom is 0.254 e. The maximum absolute atomic E-state index is 12.3. The lowest BCUT2D eigenvalue weighted by Gasteiger charge is -2.37. The van der Waals surface area contributed by atoms with Crippen LogP contribution in [-0.4, -0.2) is 67.9 Å². The van der Waals surface area contributed by atoms with E-state index in [0.717, 1.165) is 18.9 Å². The minimum Gasteiger partial charge on any atom is -0.376 e. The largest absolute Gasteiger partial charge is 0.376 e. The van der Waals surface area contributed by atoms with Gasteiger partial charge < -0.3 is 19.3 Å². The van der Waals surface area contributed by atoms with Crippen LogP contribution in [0.2, 0.25) is 5.02 Å². The van der Waals surface area contributed by atoms with Crippen LogP contribution in [-0.2, 0) is 14.3 Å². The molecule has 2 fully saturated rings. The van der Waals surface area contributed by atoms with Crippen LogP contribution in [0.5, 0.6) is 0 Å². The molecule has 3 heterocycles. The summed E-state index contributed by atoms with van der Waals surface area (Å²) in [6.07, 6.45) is 1.27. The molecular weight excluding hydrogens is 294 g/mol.